The molecule has 1 saturated carbocycles. The molecule has 0 radical (unpaired) electrons. The molecule has 1 aliphatic carbocycles. The van der Waals surface area contributed by atoms with Crippen LogP contribution in [0.1, 0.15) is 19.3 Å². The van der Waals surface area contributed by atoms with Crippen LogP contribution in [0.4, 0.5) is 0 Å². The van der Waals surface area contributed by atoms with E-state index in [1.807, 2.05) is 54.6 Å². The normalized spacial score (nSPS) is 19.8. The second kappa shape index (κ2) is 10.3. The SMILES string of the molecule is COc1ccc(-c2c(-c3ccccc3)oc3ncnc(O[C@H]4C[C@@H](O)C[C@@H](OCC(=O)O)C4)c23)cc1. The number of aliphatic hydroxyl groups is 1. The zero-order chi connectivity index (χ0) is 25.1. The van der Waals surface area contributed by atoms with E-state index in [0.717, 1.165) is 22.4 Å². The van der Waals surface area contributed by atoms with Gasteiger partial charge in [-0.25, -0.2) is 14.8 Å². The Labute approximate surface area is 207 Å². The molecule has 5 rings (SSSR count). The van der Waals surface area contributed by atoms with Crippen LogP contribution in [-0.2, 0) is 9.53 Å². The Kier molecular flexibility index (Phi) is 6.84. The number of rotatable bonds is 8. The van der Waals surface area contributed by atoms with Gasteiger partial charge < -0.3 is 28.8 Å². The maximum Gasteiger partial charge on any atom is 0.329 e. The van der Waals surface area contributed by atoms with Gasteiger partial charge in [0.05, 0.1) is 19.3 Å². The summed E-state index contributed by atoms with van der Waals surface area (Å²) < 4.78 is 23.3. The molecule has 0 bridgehead atoms. The first-order chi connectivity index (χ1) is 17.5. The quantitative estimate of drug-likeness (QED) is 0.371. The van der Waals surface area contributed by atoms with Crippen LogP contribution in [0.15, 0.2) is 65.3 Å². The Morgan fingerprint density at radius 1 is 1.00 bits per heavy atom. The summed E-state index contributed by atoms with van der Waals surface area (Å²) in [5, 5.41) is 19.9. The fraction of sp³-hybridized carbons (Fsp3) is 0.296. The maximum atomic E-state index is 10.9. The molecular formula is C27H26N2O7. The third kappa shape index (κ3) is 5.02. The van der Waals surface area contributed by atoms with E-state index in [4.69, 9.17) is 23.7 Å². The van der Waals surface area contributed by atoms with Gasteiger partial charge in [0.15, 0.2) is 0 Å². The number of aromatic nitrogens is 2. The molecule has 36 heavy (non-hydrogen) atoms. The molecular weight excluding hydrogens is 464 g/mol. The van der Waals surface area contributed by atoms with Crippen molar-refractivity contribution in [2.24, 2.45) is 0 Å². The van der Waals surface area contributed by atoms with Crippen LogP contribution in [0.3, 0.4) is 0 Å². The van der Waals surface area contributed by atoms with Crippen molar-refractivity contribution in [3.63, 3.8) is 0 Å². The monoisotopic (exact) mass is 490 g/mol. The van der Waals surface area contributed by atoms with E-state index in [-0.39, 0.29) is 0 Å². The van der Waals surface area contributed by atoms with Crippen molar-refractivity contribution < 1.29 is 33.6 Å². The largest absolute Gasteiger partial charge is 0.497 e. The van der Waals surface area contributed by atoms with Crippen LogP contribution in [0.25, 0.3) is 33.6 Å². The van der Waals surface area contributed by atoms with Crippen LogP contribution in [0.2, 0.25) is 0 Å². The summed E-state index contributed by atoms with van der Waals surface area (Å²) in [5.41, 5.74) is 2.91. The van der Waals surface area contributed by atoms with Crippen molar-refractivity contribution in [1.82, 2.24) is 9.97 Å². The number of carbonyl (C=O) groups is 1. The number of carboxylic acids is 1. The van der Waals surface area contributed by atoms with Crippen molar-refractivity contribution in [3.8, 4) is 34.1 Å². The highest BCUT2D eigenvalue weighted by Crippen LogP contribution is 2.44. The standard InChI is InChI=1S/C27H26N2O7/c1-33-19-9-7-16(8-10-19)23-24-26(35-21-12-18(30)11-20(13-21)34-14-22(31)32)28-15-29-27(24)36-25(23)17-5-3-2-4-6-17/h2-10,15,18,20-21,30H,11-14H2,1H3,(H,31,32)/t18-,20+,21-/m0/s1. The number of ether oxygens (including phenoxy) is 3. The van der Waals surface area contributed by atoms with Crippen molar-refractivity contribution in [2.45, 2.75) is 37.6 Å². The fourth-order valence-electron chi connectivity index (χ4n) is 4.59. The second-order valence-electron chi connectivity index (χ2n) is 8.69. The molecule has 0 spiro atoms. The van der Waals surface area contributed by atoms with Gasteiger partial charge in [0.1, 0.15) is 35.9 Å². The number of methoxy groups -OCH3 is 1. The number of aliphatic hydroxyl groups excluding tert-OH is 1. The Morgan fingerprint density at radius 3 is 2.47 bits per heavy atom. The minimum Gasteiger partial charge on any atom is -0.497 e. The van der Waals surface area contributed by atoms with E-state index in [1.54, 1.807) is 7.11 Å². The van der Waals surface area contributed by atoms with Crippen LogP contribution >= 0.6 is 0 Å². The molecule has 2 aromatic heterocycles. The molecule has 0 aliphatic heterocycles. The van der Waals surface area contributed by atoms with E-state index in [0.29, 0.717) is 42.0 Å². The molecule has 2 N–H and O–H groups in total. The summed E-state index contributed by atoms with van der Waals surface area (Å²) in [5.74, 6) is 0.630. The maximum absolute atomic E-state index is 10.9. The van der Waals surface area contributed by atoms with Gasteiger partial charge in [-0.05, 0) is 24.1 Å². The third-order valence-corrected chi connectivity index (χ3v) is 6.18. The topological polar surface area (TPSA) is 124 Å². The Bertz CT molecular complexity index is 1340. The zero-order valence-corrected chi connectivity index (χ0v) is 19.7. The van der Waals surface area contributed by atoms with Gasteiger partial charge in [0.25, 0.3) is 0 Å². The molecule has 3 atom stereocenters. The molecule has 9 heteroatoms. The van der Waals surface area contributed by atoms with Crippen molar-refractivity contribution >= 4 is 17.1 Å². The highest BCUT2D eigenvalue weighted by Gasteiger charge is 2.32. The van der Waals surface area contributed by atoms with Gasteiger partial charge in [0.2, 0.25) is 11.6 Å². The average Bonchev–Trinajstić information content (AvgIpc) is 3.28. The van der Waals surface area contributed by atoms with Crippen LogP contribution in [-0.4, -0.2) is 58.2 Å². The van der Waals surface area contributed by atoms with Crippen molar-refractivity contribution in [1.29, 1.82) is 0 Å². The number of carboxylic acid groups (broad SMARTS) is 1. The van der Waals surface area contributed by atoms with Crippen LogP contribution < -0.4 is 9.47 Å². The molecule has 0 unspecified atom stereocenters. The van der Waals surface area contributed by atoms with Gasteiger partial charge in [-0.1, -0.05) is 42.5 Å². The molecule has 186 valence electrons. The molecule has 2 heterocycles. The summed E-state index contributed by atoms with van der Waals surface area (Å²) >= 11 is 0. The molecule has 1 aliphatic rings. The third-order valence-electron chi connectivity index (χ3n) is 6.18. The predicted octanol–water partition coefficient (Wildman–Crippen LogP) is 4.33. The lowest BCUT2D eigenvalue weighted by molar-refractivity contribution is -0.147. The van der Waals surface area contributed by atoms with Gasteiger partial charge >= 0.3 is 5.97 Å². The second-order valence-corrected chi connectivity index (χ2v) is 8.69. The van der Waals surface area contributed by atoms with Crippen LogP contribution in [0.5, 0.6) is 11.6 Å². The summed E-state index contributed by atoms with van der Waals surface area (Å²) in [4.78, 5) is 19.7. The minimum atomic E-state index is -1.05. The minimum absolute atomic E-state index is 0.327. The molecule has 0 saturated heterocycles. The molecule has 1 fully saturated rings. The van der Waals surface area contributed by atoms with E-state index in [2.05, 4.69) is 9.97 Å². The number of hydrogen-bond acceptors (Lipinski definition) is 8. The van der Waals surface area contributed by atoms with Gasteiger partial charge in [0, 0.05) is 24.0 Å². The first kappa shape index (κ1) is 23.8. The molecule has 9 nitrogen and oxygen atoms in total. The molecule has 0 amide bonds. The number of hydrogen-bond donors (Lipinski definition) is 2. The van der Waals surface area contributed by atoms with E-state index in [9.17, 15) is 9.90 Å². The Morgan fingerprint density at radius 2 is 1.75 bits per heavy atom. The summed E-state index contributed by atoms with van der Waals surface area (Å²) in [7, 11) is 1.61. The first-order valence-corrected chi connectivity index (χ1v) is 11.7. The lowest BCUT2D eigenvalue weighted by Gasteiger charge is -2.32. The lowest BCUT2D eigenvalue weighted by Crippen LogP contribution is -2.38. The number of fused-ring (bicyclic) bond motifs is 1. The van der Waals surface area contributed by atoms with E-state index in [1.165, 1.54) is 6.33 Å². The summed E-state index contributed by atoms with van der Waals surface area (Å²) in [6.07, 6.45) is 1.00. The zero-order valence-electron chi connectivity index (χ0n) is 19.7. The average molecular weight is 491 g/mol. The predicted molar refractivity (Wildman–Crippen MR) is 131 cm³/mol. The van der Waals surface area contributed by atoms with Crippen molar-refractivity contribution in [3.05, 3.63) is 60.9 Å². The first-order valence-electron chi connectivity index (χ1n) is 11.7. The van der Waals surface area contributed by atoms with E-state index >= 15 is 0 Å². The Balaban J connectivity index is 1.56. The van der Waals surface area contributed by atoms with Gasteiger partial charge in [-0.2, -0.15) is 0 Å². The number of benzene rings is 2. The number of aliphatic carboxylic acids is 1. The van der Waals surface area contributed by atoms with Gasteiger partial charge in [-0.15, -0.1) is 0 Å². The van der Waals surface area contributed by atoms with Crippen molar-refractivity contribution in [2.75, 3.05) is 13.7 Å². The number of nitrogens with zero attached hydrogens (tertiary/aromatic N) is 2. The van der Waals surface area contributed by atoms with Gasteiger partial charge in [-0.3, -0.25) is 0 Å². The highest BCUT2D eigenvalue weighted by molar-refractivity contribution is 6.03. The highest BCUT2D eigenvalue weighted by atomic mass is 16.5. The lowest BCUT2D eigenvalue weighted by atomic mass is 9.92. The smallest absolute Gasteiger partial charge is 0.329 e. The number of furan rings is 1. The summed E-state index contributed by atoms with van der Waals surface area (Å²) in [6.45, 7) is -0.425. The summed E-state index contributed by atoms with van der Waals surface area (Å²) in [6, 6.07) is 17.3. The Hall–Kier alpha value is -3.95. The van der Waals surface area contributed by atoms with E-state index < -0.39 is 30.9 Å². The van der Waals surface area contributed by atoms with Crippen LogP contribution in [0, 0.1) is 0 Å². The molecule has 4 aromatic rings. The molecule has 2 aromatic carbocycles. The fourth-order valence-corrected chi connectivity index (χ4v) is 4.59.